The molecule has 0 aromatic heterocycles. The first-order chi connectivity index (χ1) is 8.43. The SMILES string of the molecule is C[As]1C2=C(C(=O)OC2=O)[As](C)C2=C1C(=O)OC2=O. The van der Waals surface area contributed by atoms with Crippen molar-refractivity contribution in [2.75, 3.05) is 0 Å². The molecule has 0 aromatic carbocycles. The van der Waals surface area contributed by atoms with Crippen LogP contribution in [0.2, 0.25) is 11.4 Å². The molecule has 0 spiro atoms. The Morgan fingerprint density at radius 1 is 0.611 bits per heavy atom. The van der Waals surface area contributed by atoms with E-state index in [2.05, 4.69) is 9.47 Å². The van der Waals surface area contributed by atoms with Gasteiger partial charge in [-0.3, -0.25) is 0 Å². The molecule has 92 valence electrons. The predicted octanol–water partition coefficient (Wildman–Crippen LogP) is -0.834. The third-order valence-corrected chi connectivity index (χ3v) is 13.6. The second-order valence-electron chi connectivity index (χ2n) is 3.87. The van der Waals surface area contributed by atoms with Gasteiger partial charge in [-0.15, -0.1) is 0 Å². The van der Waals surface area contributed by atoms with Gasteiger partial charge >= 0.3 is 111 Å². The van der Waals surface area contributed by atoms with Gasteiger partial charge in [-0.25, -0.2) is 0 Å². The first kappa shape index (κ1) is 11.9. The van der Waals surface area contributed by atoms with Gasteiger partial charge in [-0.1, -0.05) is 0 Å². The fraction of sp³-hybridized carbons (Fsp3) is 0.200. The van der Waals surface area contributed by atoms with Crippen molar-refractivity contribution in [3.63, 3.8) is 0 Å². The molecule has 0 saturated heterocycles. The monoisotopic (exact) mass is 372 g/mol. The predicted molar refractivity (Wildman–Crippen MR) is 59.5 cm³/mol. The molecule has 0 aromatic rings. The molecule has 3 heterocycles. The first-order valence-corrected chi connectivity index (χ1v) is 12.4. The van der Waals surface area contributed by atoms with Crippen LogP contribution in [0.25, 0.3) is 0 Å². The summed E-state index contributed by atoms with van der Waals surface area (Å²) in [6, 6.07) is 0. The van der Waals surface area contributed by atoms with E-state index in [1.807, 2.05) is 0 Å². The maximum absolute atomic E-state index is 11.7. The van der Waals surface area contributed by atoms with E-state index in [4.69, 9.17) is 0 Å². The van der Waals surface area contributed by atoms with E-state index in [0.29, 0.717) is 17.4 Å². The number of carbonyl (C=O) groups is 4. The second-order valence-corrected chi connectivity index (χ2v) is 12.3. The number of ether oxygens (including phenoxy) is 2. The summed E-state index contributed by atoms with van der Waals surface area (Å²) < 4.78 is 10.7. The number of carbonyl (C=O) groups excluding carboxylic acids is 4. The Bertz CT molecular complexity index is 512. The minimum absolute atomic E-state index is 0.375. The van der Waals surface area contributed by atoms with Crippen LogP contribution >= 0.6 is 0 Å². The number of hydrogen-bond acceptors (Lipinski definition) is 6. The maximum atomic E-state index is 11.7. The molecule has 8 heteroatoms. The Morgan fingerprint density at radius 2 is 0.833 bits per heavy atom. The van der Waals surface area contributed by atoms with Crippen LogP contribution in [-0.4, -0.2) is 53.2 Å². The van der Waals surface area contributed by atoms with Crippen molar-refractivity contribution in [1.29, 1.82) is 0 Å². The average molecular weight is 372 g/mol. The molecule has 18 heavy (non-hydrogen) atoms. The molecule has 0 saturated carbocycles. The quantitative estimate of drug-likeness (QED) is 0.313. The summed E-state index contributed by atoms with van der Waals surface area (Å²) in [5.74, 6) is -2.57. The first-order valence-electron chi connectivity index (χ1n) is 4.92. The molecule has 0 bridgehead atoms. The van der Waals surface area contributed by atoms with Crippen LogP contribution in [-0.2, 0) is 28.7 Å². The Morgan fingerprint density at radius 3 is 1.06 bits per heavy atom. The van der Waals surface area contributed by atoms with Gasteiger partial charge in [0, 0.05) is 0 Å². The molecule has 3 aliphatic rings. The van der Waals surface area contributed by atoms with Gasteiger partial charge in [0.05, 0.1) is 0 Å². The molecule has 0 N–H and O–H groups in total. The molecule has 0 atom stereocenters. The van der Waals surface area contributed by atoms with Crippen molar-refractivity contribution in [2.24, 2.45) is 0 Å². The van der Waals surface area contributed by atoms with Crippen LogP contribution in [0.15, 0.2) is 17.4 Å². The molecule has 0 amide bonds. The van der Waals surface area contributed by atoms with E-state index in [1.165, 1.54) is 0 Å². The van der Waals surface area contributed by atoms with Gasteiger partial charge in [0.1, 0.15) is 0 Å². The molecule has 0 aliphatic carbocycles. The fourth-order valence-corrected chi connectivity index (χ4v) is 15.7. The molecular formula is C10H6As2O6. The zero-order chi connectivity index (χ0) is 13.2. The van der Waals surface area contributed by atoms with Gasteiger partial charge in [0.2, 0.25) is 0 Å². The van der Waals surface area contributed by atoms with Gasteiger partial charge in [0.15, 0.2) is 0 Å². The normalized spacial score (nSPS) is 30.6. The standard InChI is InChI=1S/C10H6As2O6/c1-11-3-5(9(15)17-7(3)13)12(2)6-4(11)8(14)18-10(6)16/h1-2H3. The van der Waals surface area contributed by atoms with Crippen molar-refractivity contribution in [3.05, 3.63) is 17.4 Å². The van der Waals surface area contributed by atoms with Crippen LogP contribution in [0.5, 0.6) is 0 Å². The Kier molecular flexibility index (Phi) is 2.44. The van der Waals surface area contributed by atoms with Gasteiger partial charge in [-0.2, -0.15) is 0 Å². The summed E-state index contributed by atoms with van der Waals surface area (Å²) in [5.41, 5.74) is 3.50. The van der Waals surface area contributed by atoms with E-state index >= 15 is 0 Å². The molecule has 0 unspecified atom stereocenters. The van der Waals surface area contributed by atoms with E-state index in [1.54, 1.807) is 11.4 Å². The van der Waals surface area contributed by atoms with Gasteiger partial charge in [0.25, 0.3) is 0 Å². The van der Waals surface area contributed by atoms with E-state index in [-0.39, 0.29) is 0 Å². The summed E-state index contributed by atoms with van der Waals surface area (Å²) in [6.07, 6.45) is 0. The van der Waals surface area contributed by atoms with Crippen LogP contribution in [0, 0.1) is 0 Å². The van der Waals surface area contributed by atoms with Crippen molar-refractivity contribution in [2.45, 2.75) is 11.4 Å². The second kappa shape index (κ2) is 3.69. The zero-order valence-corrected chi connectivity index (χ0v) is 13.1. The van der Waals surface area contributed by atoms with Gasteiger partial charge in [-0.05, 0) is 0 Å². The third kappa shape index (κ3) is 1.30. The van der Waals surface area contributed by atoms with Crippen LogP contribution < -0.4 is 0 Å². The number of cyclic esters (lactones) is 4. The summed E-state index contributed by atoms with van der Waals surface area (Å²) in [4.78, 5) is 46.6. The Labute approximate surface area is 111 Å². The fourth-order valence-electron chi connectivity index (χ4n) is 2.16. The average Bonchev–Trinajstić information content (AvgIpc) is 2.73. The molecular weight excluding hydrogens is 366 g/mol. The molecule has 0 radical (unpaired) electrons. The van der Waals surface area contributed by atoms with Crippen LogP contribution in [0.1, 0.15) is 0 Å². The van der Waals surface area contributed by atoms with E-state index < -0.39 is 53.2 Å². The van der Waals surface area contributed by atoms with Gasteiger partial charge < -0.3 is 0 Å². The number of esters is 4. The van der Waals surface area contributed by atoms with E-state index in [0.717, 1.165) is 0 Å². The summed E-state index contributed by atoms with van der Waals surface area (Å²) in [5, 5.41) is 0. The number of hydrogen-bond donors (Lipinski definition) is 0. The van der Waals surface area contributed by atoms with Crippen LogP contribution in [0.4, 0.5) is 0 Å². The molecule has 0 fully saturated rings. The van der Waals surface area contributed by atoms with Crippen molar-refractivity contribution >= 4 is 53.2 Å². The third-order valence-electron chi connectivity index (χ3n) is 2.93. The number of rotatable bonds is 0. The summed E-state index contributed by atoms with van der Waals surface area (Å²) >= 11 is -4.44. The Balaban J connectivity index is 2.23. The van der Waals surface area contributed by atoms with Crippen molar-refractivity contribution < 1.29 is 28.7 Å². The van der Waals surface area contributed by atoms with E-state index in [9.17, 15) is 19.2 Å². The topological polar surface area (TPSA) is 86.7 Å². The molecule has 6 nitrogen and oxygen atoms in total. The van der Waals surface area contributed by atoms with Crippen molar-refractivity contribution in [1.82, 2.24) is 0 Å². The Hall–Kier alpha value is -1.12. The van der Waals surface area contributed by atoms with Crippen molar-refractivity contribution in [3.8, 4) is 0 Å². The summed E-state index contributed by atoms with van der Waals surface area (Å²) in [6.45, 7) is 0. The minimum atomic E-state index is -2.22. The molecule has 3 rings (SSSR count). The van der Waals surface area contributed by atoms with Crippen LogP contribution in [0.3, 0.4) is 0 Å². The molecule has 3 aliphatic heterocycles. The zero-order valence-electron chi connectivity index (χ0n) is 9.34. The summed E-state index contributed by atoms with van der Waals surface area (Å²) in [7, 11) is 0.